The fourth-order valence-corrected chi connectivity index (χ4v) is 6.19. The molecule has 0 aliphatic carbocycles. The summed E-state index contributed by atoms with van der Waals surface area (Å²) >= 11 is 0. The average molecular weight is 616 g/mol. The molecule has 2 heterocycles. The lowest BCUT2D eigenvalue weighted by atomic mass is 9.90. The Labute approximate surface area is 265 Å². The topological polar surface area (TPSA) is 137 Å². The summed E-state index contributed by atoms with van der Waals surface area (Å²) < 4.78 is 0. The number of amides is 3. The average Bonchev–Trinajstić information content (AvgIpc) is 3.59. The quantitative estimate of drug-likeness (QED) is 0.136. The van der Waals surface area contributed by atoms with E-state index < -0.39 is 28.8 Å². The molecule has 1 aliphatic rings. The molecule has 10 nitrogen and oxygen atoms in total. The standard InChI is InChI=1S/C36H33N5O5/c1-4-22(3)32(35(43)39-38-34(42)24-17-19-25(20-18-24)41(45)46)40-33(26-9-5-6-10-27(26)36(40)44)30-28-11-7-8-12-29(28)37-31(30)23-15-13-21(2)14-16-23/h5-20,22,32-33,37H,4H2,1-3H3,(H,38,42)(H,39,43). The molecule has 0 bridgehead atoms. The van der Waals surface area contributed by atoms with Crippen LogP contribution < -0.4 is 10.9 Å². The summed E-state index contributed by atoms with van der Waals surface area (Å²) in [4.78, 5) is 57.0. The van der Waals surface area contributed by atoms with E-state index in [1.165, 1.54) is 24.3 Å². The van der Waals surface area contributed by atoms with Crippen molar-refractivity contribution in [2.24, 2.45) is 5.92 Å². The Bertz CT molecular complexity index is 1970. The molecule has 0 saturated carbocycles. The number of nitro groups is 1. The van der Waals surface area contributed by atoms with Crippen LogP contribution in [-0.4, -0.2) is 38.6 Å². The number of non-ortho nitro benzene ring substituents is 1. The van der Waals surface area contributed by atoms with Crippen LogP contribution in [0.1, 0.15) is 63.7 Å². The first-order chi connectivity index (χ1) is 22.2. The normalized spacial score (nSPS) is 15.3. The van der Waals surface area contributed by atoms with Gasteiger partial charge in [0.2, 0.25) is 0 Å². The predicted molar refractivity (Wildman–Crippen MR) is 175 cm³/mol. The van der Waals surface area contributed by atoms with Crippen molar-refractivity contribution in [3.05, 3.63) is 135 Å². The number of benzene rings is 4. The third-order valence-corrected chi connectivity index (χ3v) is 8.75. The van der Waals surface area contributed by atoms with E-state index in [0.29, 0.717) is 12.0 Å². The number of aryl methyl sites for hydroxylation is 1. The van der Waals surface area contributed by atoms with Crippen LogP contribution in [0, 0.1) is 23.0 Å². The van der Waals surface area contributed by atoms with E-state index in [4.69, 9.17) is 0 Å². The molecule has 6 rings (SSSR count). The first-order valence-corrected chi connectivity index (χ1v) is 15.1. The fourth-order valence-electron chi connectivity index (χ4n) is 6.19. The van der Waals surface area contributed by atoms with Crippen LogP contribution in [0.25, 0.3) is 22.2 Å². The van der Waals surface area contributed by atoms with E-state index in [0.717, 1.165) is 38.9 Å². The molecule has 3 unspecified atom stereocenters. The minimum atomic E-state index is -0.952. The van der Waals surface area contributed by atoms with Gasteiger partial charge in [-0.15, -0.1) is 0 Å². The molecule has 3 atom stereocenters. The largest absolute Gasteiger partial charge is 0.354 e. The van der Waals surface area contributed by atoms with E-state index in [2.05, 4.69) is 15.8 Å². The van der Waals surface area contributed by atoms with E-state index in [1.54, 1.807) is 11.0 Å². The lowest BCUT2D eigenvalue weighted by Crippen LogP contribution is -2.55. The Balaban J connectivity index is 1.42. The minimum absolute atomic E-state index is 0.134. The van der Waals surface area contributed by atoms with Crippen molar-refractivity contribution in [2.75, 3.05) is 0 Å². The van der Waals surface area contributed by atoms with Gasteiger partial charge >= 0.3 is 0 Å². The number of nitrogens with zero attached hydrogens (tertiary/aromatic N) is 2. The van der Waals surface area contributed by atoms with Crippen LogP contribution in [0.4, 0.5) is 5.69 Å². The van der Waals surface area contributed by atoms with Crippen molar-refractivity contribution in [3.8, 4) is 11.3 Å². The number of fused-ring (bicyclic) bond motifs is 2. The Hall–Kier alpha value is -5.77. The number of hydrazine groups is 1. The second-order valence-electron chi connectivity index (χ2n) is 11.6. The summed E-state index contributed by atoms with van der Waals surface area (Å²) in [6.07, 6.45) is 0.583. The Morgan fingerprint density at radius 3 is 2.30 bits per heavy atom. The van der Waals surface area contributed by atoms with Crippen molar-refractivity contribution in [2.45, 2.75) is 39.3 Å². The SMILES string of the molecule is CCC(C)C(C(=O)NNC(=O)c1ccc([N+](=O)[O-])cc1)N1C(=O)c2ccccc2C1c1c(-c2ccc(C)cc2)[nH]c2ccccc12. The molecule has 0 saturated heterocycles. The molecule has 46 heavy (non-hydrogen) atoms. The van der Waals surface area contributed by atoms with Gasteiger partial charge in [-0.05, 0) is 48.2 Å². The minimum Gasteiger partial charge on any atom is -0.354 e. The summed E-state index contributed by atoms with van der Waals surface area (Å²) in [7, 11) is 0. The molecular formula is C36H33N5O5. The van der Waals surface area contributed by atoms with Gasteiger partial charge in [0.1, 0.15) is 6.04 Å². The molecule has 10 heteroatoms. The van der Waals surface area contributed by atoms with Crippen molar-refractivity contribution >= 4 is 34.3 Å². The zero-order chi connectivity index (χ0) is 32.5. The van der Waals surface area contributed by atoms with E-state index in [9.17, 15) is 24.5 Å². The first-order valence-electron chi connectivity index (χ1n) is 15.1. The highest BCUT2D eigenvalue weighted by Crippen LogP contribution is 2.47. The second-order valence-corrected chi connectivity index (χ2v) is 11.6. The van der Waals surface area contributed by atoms with Crippen LogP contribution in [0.15, 0.2) is 97.1 Å². The third-order valence-electron chi connectivity index (χ3n) is 8.75. The number of hydrogen-bond acceptors (Lipinski definition) is 5. The van der Waals surface area contributed by atoms with E-state index >= 15 is 0 Å². The molecule has 232 valence electrons. The van der Waals surface area contributed by atoms with Crippen molar-refractivity contribution in [1.29, 1.82) is 0 Å². The number of para-hydroxylation sites is 1. The van der Waals surface area contributed by atoms with Gasteiger partial charge in [-0.25, -0.2) is 0 Å². The van der Waals surface area contributed by atoms with Gasteiger partial charge in [-0.1, -0.05) is 86.5 Å². The fraction of sp³-hybridized carbons (Fsp3) is 0.194. The molecule has 0 radical (unpaired) electrons. The van der Waals surface area contributed by atoms with Gasteiger partial charge in [-0.3, -0.25) is 35.3 Å². The van der Waals surface area contributed by atoms with Gasteiger partial charge in [0, 0.05) is 39.7 Å². The maximum absolute atomic E-state index is 14.3. The number of aromatic amines is 1. The summed E-state index contributed by atoms with van der Waals surface area (Å²) in [5.41, 5.74) is 11.0. The number of carbonyl (C=O) groups is 3. The summed E-state index contributed by atoms with van der Waals surface area (Å²) in [6, 6.07) is 27.0. The Kier molecular flexibility index (Phi) is 8.10. The zero-order valence-electron chi connectivity index (χ0n) is 25.6. The number of H-pyrrole nitrogens is 1. The maximum Gasteiger partial charge on any atom is 0.269 e. The van der Waals surface area contributed by atoms with Crippen LogP contribution in [0.5, 0.6) is 0 Å². The van der Waals surface area contributed by atoms with Gasteiger partial charge in [-0.2, -0.15) is 0 Å². The van der Waals surface area contributed by atoms with Gasteiger partial charge < -0.3 is 9.88 Å². The second kappa shape index (κ2) is 12.3. The molecule has 0 fully saturated rings. The monoisotopic (exact) mass is 615 g/mol. The van der Waals surface area contributed by atoms with Gasteiger partial charge in [0.05, 0.1) is 16.7 Å². The zero-order valence-corrected chi connectivity index (χ0v) is 25.6. The molecule has 1 aromatic heterocycles. The highest BCUT2D eigenvalue weighted by Gasteiger charge is 2.47. The van der Waals surface area contributed by atoms with Crippen molar-refractivity contribution < 1.29 is 19.3 Å². The molecule has 0 spiro atoms. The summed E-state index contributed by atoms with van der Waals surface area (Å²) in [5.74, 6) is -1.75. The summed E-state index contributed by atoms with van der Waals surface area (Å²) in [6.45, 7) is 5.89. The lowest BCUT2D eigenvalue weighted by molar-refractivity contribution is -0.384. The van der Waals surface area contributed by atoms with Crippen LogP contribution in [-0.2, 0) is 4.79 Å². The maximum atomic E-state index is 14.3. The molecule has 5 aromatic rings. The van der Waals surface area contributed by atoms with Gasteiger partial charge in [0.15, 0.2) is 0 Å². The number of nitrogens with one attached hydrogen (secondary N) is 3. The molecule has 3 N–H and O–H groups in total. The number of rotatable bonds is 8. The van der Waals surface area contributed by atoms with Crippen LogP contribution in [0.3, 0.4) is 0 Å². The molecule has 1 aliphatic heterocycles. The molecule has 4 aromatic carbocycles. The van der Waals surface area contributed by atoms with E-state index in [1.807, 2.05) is 87.5 Å². The Morgan fingerprint density at radius 2 is 1.61 bits per heavy atom. The third kappa shape index (κ3) is 5.38. The number of aromatic nitrogens is 1. The first kappa shape index (κ1) is 30.3. The van der Waals surface area contributed by atoms with Crippen molar-refractivity contribution in [3.63, 3.8) is 0 Å². The number of hydrogen-bond donors (Lipinski definition) is 3. The highest BCUT2D eigenvalue weighted by molar-refractivity contribution is 6.05. The van der Waals surface area contributed by atoms with E-state index in [-0.39, 0.29) is 23.1 Å². The number of carbonyl (C=O) groups excluding carboxylic acids is 3. The van der Waals surface area contributed by atoms with Crippen LogP contribution >= 0.6 is 0 Å². The Morgan fingerprint density at radius 1 is 0.935 bits per heavy atom. The van der Waals surface area contributed by atoms with Gasteiger partial charge in [0.25, 0.3) is 23.4 Å². The molecule has 3 amide bonds. The lowest BCUT2D eigenvalue weighted by Gasteiger charge is -2.36. The number of nitro benzene ring substituents is 1. The predicted octanol–water partition coefficient (Wildman–Crippen LogP) is 6.47. The van der Waals surface area contributed by atoms with Crippen LogP contribution in [0.2, 0.25) is 0 Å². The summed E-state index contributed by atoms with van der Waals surface area (Å²) in [5, 5.41) is 11.9. The smallest absolute Gasteiger partial charge is 0.269 e. The molecular weight excluding hydrogens is 582 g/mol. The van der Waals surface area contributed by atoms with Crippen molar-refractivity contribution in [1.82, 2.24) is 20.7 Å². The highest BCUT2D eigenvalue weighted by atomic mass is 16.6.